The van der Waals surface area contributed by atoms with E-state index in [1.807, 2.05) is 34.6 Å². The van der Waals surface area contributed by atoms with Gasteiger partial charge in [-0.15, -0.1) is 0 Å². The highest BCUT2D eigenvalue weighted by atomic mass is 16.5. The van der Waals surface area contributed by atoms with Crippen LogP contribution in [-0.4, -0.2) is 51.9 Å². The van der Waals surface area contributed by atoms with Crippen LogP contribution in [0.4, 0.5) is 0 Å². The summed E-state index contributed by atoms with van der Waals surface area (Å²) in [7, 11) is 0. The Morgan fingerprint density at radius 3 is 2.78 bits per heavy atom. The van der Waals surface area contributed by atoms with Crippen LogP contribution < -0.4 is 5.43 Å². The zero-order valence-electron chi connectivity index (χ0n) is 15.7. The van der Waals surface area contributed by atoms with Crippen LogP contribution in [-0.2, 0) is 16.1 Å². The van der Waals surface area contributed by atoms with Gasteiger partial charge in [0, 0.05) is 36.8 Å². The average molecular weight is 370 g/mol. The second-order valence-corrected chi connectivity index (χ2v) is 7.71. The first-order valence-electron chi connectivity index (χ1n) is 9.69. The van der Waals surface area contributed by atoms with Crippen molar-refractivity contribution in [1.29, 1.82) is 0 Å². The molecular weight excluding hydrogens is 344 g/mol. The molecule has 1 N–H and O–H groups in total. The summed E-state index contributed by atoms with van der Waals surface area (Å²) >= 11 is 0. The minimum atomic E-state index is -0.477. The Morgan fingerprint density at radius 1 is 1.30 bits per heavy atom. The summed E-state index contributed by atoms with van der Waals surface area (Å²) in [4.78, 5) is 27.0. The summed E-state index contributed by atoms with van der Waals surface area (Å²) in [6.07, 6.45) is 2.57. The topological polar surface area (TPSA) is 71.8 Å². The van der Waals surface area contributed by atoms with Crippen molar-refractivity contribution in [3.8, 4) is 0 Å². The number of para-hydroxylation sites is 1. The van der Waals surface area contributed by atoms with Gasteiger partial charge in [0.05, 0.1) is 17.2 Å². The zero-order chi connectivity index (χ0) is 19.0. The maximum absolute atomic E-state index is 12.9. The van der Waals surface area contributed by atoms with E-state index in [0.717, 1.165) is 24.1 Å². The van der Waals surface area contributed by atoms with Crippen LogP contribution >= 0.6 is 0 Å². The third-order valence-electron chi connectivity index (χ3n) is 6.10. The van der Waals surface area contributed by atoms with Gasteiger partial charge < -0.3 is 19.3 Å². The van der Waals surface area contributed by atoms with Crippen molar-refractivity contribution in [2.75, 3.05) is 19.7 Å². The molecule has 1 atom stereocenters. The van der Waals surface area contributed by atoms with Crippen molar-refractivity contribution in [2.45, 2.75) is 50.9 Å². The molecule has 1 amide bonds. The number of aromatic nitrogens is 1. The van der Waals surface area contributed by atoms with Gasteiger partial charge in [-0.25, -0.2) is 0 Å². The Bertz CT molecular complexity index is 912. The second-order valence-electron chi connectivity index (χ2n) is 7.71. The monoisotopic (exact) mass is 370 g/mol. The van der Waals surface area contributed by atoms with Gasteiger partial charge in [0.2, 0.25) is 5.91 Å². The molecule has 0 radical (unpaired) electrons. The van der Waals surface area contributed by atoms with Gasteiger partial charge in [-0.05, 0) is 44.7 Å². The van der Waals surface area contributed by atoms with E-state index >= 15 is 0 Å². The lowest BCUT2D eigenvalue weighted by molar-refractivity contribution is -0.179. The summed E-state index contributed by atoms with van der Waals surface area (Å²) in [5.74, 6) is 0.0343. The standard InChI is InChI=1S/C21H26N2O4/c1-15-13-18(24)16-5-2-3-6-17(16)23(15)14-20(26)22-10-8-21(9-11-22)19(25)7-4-12-27-21/h2-3,5-6,13,19,25H,4,7-12,14H2,1H3. The highest BCUT2D eigenvalue weighted by Crippen LogP contribution is 2.35. The Hall–Kier alpha value is -2.18. The Kier molecular flexibility index (Phi) is 4.78. The van der Waals surface area contributed by atoms with Gasteiger partial charge in [-0.1, -0.05) is 12.1 Å². The smallest absolute Gasteiger partial charge is 0.242 e. The molecule has 2 aromatic rings. The first-order chi connectivity index (χ1) is 13.0. The fourth-order valence-corrected chi connectivity index (χ4v) is 4.42. The van der Waals surface area contributed by atoms with Crippen LogP contribution in [0.5, 0.6) is 0 Å². The van der Waals surface area contributed by atoms with Gasteiger partial charge in [-0.2, -0.15) is 0 Å². The maximum Gasteiger partial charge on any atom is 0.242 e. The molecule has 6 nitrogen and oxygen atoms in total. The van der Waals surface area contributed by atoms with Gasteiger partial charge in [0.15, 0.2) is 5.43 Å². The minimum absolute atomic E-state index is 0.0184. The molecule has 0 aliphatic carbocycles. The summed E-state index contributed by atoms with van der Waals surface area (Å²) in [5, 5.41) is 11.0. The number of carbonyl (C=O) groups excluding carboxylic acids is 1. The highest BCUT2D eigenvalue weighted by molar-refractivity contribution is 5.82. The summed E-state index contributed by atoms with van der Waals surface area (Å²) in [6, 6.07) is 8.99. The Balaban J connectivity index is 1.51. The van der Waals surface area contributed by atoms with Crippen molar-refractivity contribution in [3.05, 3.63) is 46.2 Å². The van der Waals surface area contributed by atoms with Crippen molar-refractivity contribution < 1.29 is 14.6 Å². The molecule has 2 saturated heterocycles. The first-order valence-corrected chi connectivity index (χ1v) is 9.69. The largest absolute Gasteiger partial charge is 0.390 e. The number of nitrogens with zero attached hydrogens (tertiary/aromatic N) is 2. The lowest BCUT2D eigenvalue weighted by Gasteiger charge is -2.46. The molecule has 2 fully saturated rings. The minimum Gasteiger partial charge on any atom is -0.390 e. The third kappa shape index (κ3) is 3.28. The number of aliphatic hydroxyl groups excluding tert-OH is 1. The second kappa shape index (κ2) is 7.09. The van der Waals surface area contributed by atoms with E-state index in [9.17, 15) is 14.7 Å². The van der Waals surface area contributed by atoms with E-state index < -0.39 is 11.7 Å². The van der Waals surface area contributed by atoms with Crippen LogP contribution in [0, 0.1) is 6.92 Å². The van der Waals surface area contributed by atoms with Gasteiger partial charge in [-0.3, -0.25) is 9.59 Å². The zero-order valence-corrected chi connectivity index (χ0v) is 15.7. The predicted molar refractivity (Wildman–Crippen MR) is 103 cm³/mol. The highest BCUT2D eigenvalue weighted by Gasteiger charge is 2.44. The van der Waals surface area contributed by atoms with Gasteiger partial charge in [0.1, 0.15) is 6.54 Å². The number of hydrogen-bond acceptors (Lipinski definition) is 4. The third-order valence-corrected chi connectivity index (χ3v) is 6.10. The number of benzene rings is 1. The number of fused-ring (bicyclic) bond motifs is 1. The average Bonchev–Trinajstić information content (AvgIpc) is 2.68. The van der Waals surface area contributed by atoms with Crippen LogP contribution in [0.2, 0.25) is 0 Å². The summed E-state index contributed by atoms with van der Waals surface area (Å²) in [6.45, 7) is 3.94. The fourth-order valence-electron chi connectivity index (χ4n) is 4.42. The number of likely N-dealkylation sites (tertiary alicyclic amines) is 1. The Morgan fingerprint density at radius 2 is 2.04 bits per heavy atom. The van der Waals surface area contributed by atoms with E-state index in [2.05, 4.69) is 0 Å². The number of hydrogen-bond donors (Lipinski definition) is 1. The van der Waals surface area contributed by atoms with Crippen molar-refractivity contribution in [2.24, 2.45) is 0 Å². The number of aryl methyl sites for hydroxylation is 1. The number of rotatable bonds is 2. The molecule has 0 saturated carbocycles. The quantitative estimate of drug-likeness (QED) is 0.876. The predicted octanol–water partition coefficient (Wildman–Crippen LogP) is 1.84. The molecule has 1 unspecified atom stereocenters. The SMILES string of the molecule is Cc1cc(=O)c2ccccc2n1CC(=O)N1CCC2(CC1)OCCCC2O. The number of pyridine rings is 1. The normalized spacial score (nSPS) is 22.3. The maximum atomic E-state index is 12.9. The summed E-state index contributed by atoms with van der Waals surface area (Å²) in [5.41, 5.74) is 1.08. The van der Waals surface area contributed by atoms with E-state index in [0.29, 0.717) is 37.9 Å². The number of carbonyl (C=O) groups is 1. The first kappa shape index (κ1) is 18.2. The lowest BCUT2D eigenvalue weighted by Crippen LogP contribution is -2.56. The molecule has 27 heavy (non-hydrogen) atoms. The van der Waals surface area contributed by atoms with Crippen molar-refractivity contribution in [3.63, 3.8) is 0 Å². The van der Waals surface area contributed by atoms with Crippen molar-refractivity contribution >= 4 is 16.8 Å². The van der Waals surface area contributed by atoms with Crippen molar-refractivity contribution in [1.82, 2.24) is 9.47 Å². The van der Waals surface area contributed by atoms with E-state index in [1.165, 1.54) is 0 Å². The van der Waals surface area contributed by atoms with E-state index in [1.54, 1.807) is 12.1 Å². The molecule has 2 aliphatic heterocycles. The molecular formula is C21H26N2O4. The van der Waals surface area contributed by atoms with Crippen LogP contribution in [0.3, 0.4) is 0 Å². The molecule has 144 valence electrons. The molecule has 2 aliphatic rings. The lowest BCUT2D eigenvalue weighted by atomic mass is 9.82. The van der Waals surface area contributed by atoms with Crippen LogP contribution in [0.15, 0.2) is 35.1 Å². The van der Waals surface area contributed by atoms with E-state index in [4.69, 9.17) is 4.74 Å². The number of amides is 1. The van der Waals surface area contributed by atoms with Gasteiger partial charge in [0.25, 0.3) is 0 Å². The molecule has 1 aromatic carbocycles. The summed E-state index contributed by atoms with van der Waals surface area (Å²) < 4.78 is 7.84. The Labute approximate surface area is 158 Å². The number of aliphatic hydroxyl groups is 1. The molecule has 4 rings (SSSR count). The van der Waals surface area contributed by atoms with Crippen LogP contribution in [0.1, 0.15) is 31.4 Å². The van der Waals surface area contributed by atoms with Gasteiger partial charge >= 0.3 is 0 Å². The van der Waals surface area contributed by atoms with E-state index in [-0.39, 0.29) is 17.9 Å². The molecule has 3 heterocycles. The fraction of sp³-hybridized carbons (Fsp3) is 0.524. The van der Waals surface area contributed by atoms with Crippen LogP contribution in [0.25, 0.3) is 10.9 Å². The molecule has 1 spiro atoms. The molecule has 1 aromatic heterocycles. The number of piperidine rings is 1. The molecule has 0 bridgehead atoms. The molecule has 6 heteroatoms. The number of ether oxygens (including phenoxy) is 1.